The number of aromatic nitrogens is 3. The van der Waals surface area contributed by atoms with Crippen molar-refractivity contribution in [1.82, 2.24) is 19.7 Å². The van der Waals surface area contributed by atoms with E-state index in [1.807, 2.05) is 4.90 Å². The minimum atomic E-state index is -0.00957. The first kappa shape index (κ1) is 18.5. The van der Waals surface area contributed by atoms with Crippen LogP contribution in [0.3, 0.4) is 0 Å². The molecule has 1 aromatic carbocycles. The number of hydrogen-bond donors (Lipinski definition) is 0. The van der Waals surface area contributed by atoms with Crippen molar-refractivity contribution in [1.29, 1.82) is 5.26 Å². The SMILES string of the molecule is N#Cc1ccc(OCC(=O)N2CCC[C@H](c3nnc4n3CCCCC4)C2)cc1. The van der Waals surface area contributed by atoms with Crippen molar-refractivity contribution in [2.24, 2.45) is 0 Å². The molecule has 1 fully saturated rings. The van der Waals surface area contributed by atoms with E-state index in [1.54, 1.807) is 24.3 Å². The molecule has 2 aromatic rings. The molecule has 3 heterocycles. The molecule has 1 atom stereocenters. The second-order valence-electron chi connectivity index (χ2n) is 7.54. The van der Waals surface area contributed by atoms with Crippen LogP contribution in [0, 0.1) is 11.3 Å². The summed E-state index contributed by atoms with van der Waals surface area (Å²) in [5.74, 6) is 2.97. The number of piperidine rings is 1. The summed E-state index contributed by atoms with van der Waals surface area (Å²) in [6.45, 7) is 2.43. The first-order chi connectivity index (χ1) is 13.7. The largest absolute Gasteiger partial charge is 0.484 e. The third-order valence-electron chi connectivity index (χ3n) is 5.62. The van der Waals surface area contributed by atoms with Crippen molar-refractivity contribution >= 4 is 5.91 Å². The Labute approximate surface area is 164 Å². The minimum Gasteiger partial charge on any atom is -0.484 e. The molecule has 0 unspecified atom stereocenters. The van der Waals surface area contributed by atoms with Crippen LogP contribution < -0.4 is 4.74 Å². The lowest BCUT2D eigenvalue weighted by molar-refractivity contribution is -0.134. The van der Waals surface area contributed by atoms with Crippen LogP contribution in [0.4, 0.5) is 0 Å². The molecule has 0 bridgehead atoms. The highest BCUT2D eigenvalue weighted by Crippen LogP contribution is 2.28. The Balaban J connectivity index is 1.37. The molecule has 0 N–H and O–H groups in total. The van der Waals surface area contributed by atoms with E-state index < -0.39 is 0 Å². The molecule has 4 rings (SSSR count). The maximum absolute atomic E-state index is 12.7. The van der Waals surface area contributed by atoms with Gasteiger partial charge in [0.15, 0.2) is 6.61 Å². The average molecular weight is 379 g/mol. The molecule has 1 aromatic heterocycles. The number of nitrogens with zero attached hydrogens (tertiary/aromatic N) is 5. The molecule has 28 heavy (non-hydrogen) atoms. The van der Waals surface area contributed by atoms with Gasteiger partial charge in [-0.3, -0.25) is 4.79 Å². The maximum atomic E-state index is 12.7. The summed E-state index contributed by atoms with van der Waals surface area (Å²) in [6.07, 6.45) is 6.60. The lowest BCUT2D eigenvalue weighted by atomic mass is 9.97. The number of ether oxygens (including phenoxy) is 1. The van der Waals surface area contributed by atoms with Crippen LogP contribution in [0.2, 0.25) is 0 Å². The number of aryl methyl sites for hydroxylation is 1. The third kappa shape index (κ3) is 4.01. The van der Waals surface area contributed by atoms with Gasteiger partial charge in [0, 0.05) is 32.0 Å². The van der Waals surface area contributed by atoms with Gasteiger partial charge in [-0.25, -0.2) is 0 Å². The molecule has 1 amide bonds. The van der Waals surface area contributed by atoms with Gasteiger partial charge in [-0.05, 0) is 49.9 Å². The van der Waals surface area contributed by atoms with Gasteiger partial charge in [0.2, 0.25) is 0 Å². The number of nitriles is 1. The van der Waals surface area contributed by atoms with Crippen molar-refractivity contribution < 1.29 is 9.53 Å². The van der Waals surface area contributed by atoms with E-state index in [-0.39, 0.29) is 18.4 Å². The standard InChI is InChI=1S/C21H25N5O2/c22-13-16-7-9-18(10-8-16)28-15-20(27)25-11-4-5-17(14-25)21-24-23-19-6-2-1-3-12-26(19)21/h7-10,17H,1-6,11-12,14-15H2/t17-/m0/s1. The summed E-state index contributed by atoms with van der Waals surface area (Å²) in [5, 5.41) is 17.7. The van der Waals surface area contributed by atoms with E-state index in [1.165, 1.54) is 19.3 Å². The van der Waals surface area contributed by atoms with E-state index in [0.717, 1.165) is 44.0 Å². The molecule has 0 aliphatic carbocycles. The van der Waals surface area contributed by atoms with Crippen LogP contribution in [0.25, 0.3) is 0 Å². The van der Waals surface area contributed by atoms with Crippen LogP contribution in [-0.4, -0.2) is 45.3 Å². The molecule has 7 nitrogen and oxygen atoms in total. The second-order valence-corrected chi connectivity index (χ2v) is 7.54. The summed E-state index contributed by atoms with van der Waals surface area (Å²) in [6, 6.07) is 8.88. The summed E-state index contributed by atoms with van der Waals surface area (Å²) in [7, 11) is 0. The lowest BCUT2D eigenvalue weighted by Crippen LogP contribution is -2.42. The second kappa shape index (κ2) is 8.42. The fourth-order valence-corrected chi connectivity index (χ4v) is 4.09. The van der Waals surface area contributed by atoms with E-state index in [2.05, 4.69) is 20.8 Å². The molecule has 0 spiro atoms. The predicted octanol–water partition coefficient (Wildman–Crippen LogP) is 2.66. The van der Waals surface area contributed by atoms with Gasteiger partial charge in [0.1, 0.15) is 17.4 Å². The third-order valence-corrected chi connectivity index (χ3v) is 5.62. The number of hydrogen-bond acceptors (Lipinski definition) is 5. The molecule has 1 saturated heterocycles. The van der Waals surface area contributed by atoms with Gasteiger partial charge in [0.25, 0.3) is 5.91 Å². The zero-order valence-electron chi connectivity index (χ0n) is 16.0. The predicted molar refractivity (Wildman–Crippen MR) is 103 cm³/mol. The number of carbonyl (C=O) groups excluding carboxylic acids is 1. The molecule has 0 radical (unpaired) electrons. The number of rotatable bonds is 4. The van der Waals surface area contributed by atoms with E-state index in [4.69, 9.17) is 10.00 Å². The Bertz CT molecular complexity index is 868. The first-order valence-electron chi connectivity index (χ1n) is 10.1. The Morgan fingerprint density at radius 2 is 2.00 bits per heavy atom. The Morgan fingerprint density at radius 3 is 2.82 bits per heavy atom. The van der Waals surface area contributed by atoms with Gasteiger partial charge in [-0.15, -0.1) is 10.2 Å². The van der Waals surface area contributed by atoms with Gasteiger partial charge < -0.3 is 14.2 Å². The molecule has 2 aliphatic heterocycles. The lowest BCUT2D eigenvalue weighted by Gasteiger charge is -2.32. The Kier molecular flexibility index (Phi) is 5.56. The number of amides is 1. The van der Waals surface area contributed by atoms with Crippen molar-refractivity contribution in [2.45, 2.75) is 51.0 Å². The Morgan fingerprint density at radius 1 is 1.14 bits per heavy atom. The van der Waals surface area contributed by atoms with E-state index >= 15 is 0 Å². The number of fused-ring (bicyclic) bond motifs is 1. The van der Waals surface area contributed by atoms with Crippen molar-refractivity contribution in [3.8, 4) is 11.8 Å². The van der Waals surface area contributed by atoms with E-state index in [0.29, 0.717) is 17.9 Å². The quantitative estimate of drug-likeness (QED) is 0.815. The van der Waals surface area contributed by atoms with Crippen LogP contribution in [0.1, 0.15) is 55.2 Å². The molecule has 7 heteroatoms. The summed E-state index contributed by atoms with van der Waals surface area (Å²) in [5.41, 5.74) is 0.574. The van der Waals surface area contributed by atoms with Crippen molar-refractivity contribution in [2.75, 3.05) is 19.7 Å². The highest BCUT2D eigenvalue weighted by Gasteiger charge is 2.29. The van der Waals surface area contributed by atoms with Gasteiger partial charge in [-0.2, -0.15) is 5.26 Å². The van der Waals surface area contributed by atoms with Crippen LogP contribution >= 0.6 is 0 Å². The average Bonchev–Trinajstić information content (AvgIpc) is 3.00. The van der Waals surface area contributed by atoms with Gasteiger partial charge >= 0.3 is 0 Å². The highest BCUT2D eigenvalue weighted by atomic mass is 16.5. The maximum Gasteiger partial charge on any atom is 0.260 e. The zero-order chi connectivity index (χ0) is 19.3. The smallest absolute Gasteiger partial charge is 0.260 e. The fraction of sp³-hybridized carbons (Fsp3) is 0.524. The highest BCUT2D eigenvalue weighted by molar-refractivity contribution is 5.78. The topological polar surface area (TPSA) is 84.0 Å². The number of carbonyl (C=O) groups is 1. The normalized spacial score (nSPS) is 19.4. The van der Waals surface area contributed by atoms with Crippen LogP contribution in [0.15, 0.2) is 24.3 Å². The van der Waals surface area contributed by atoms with Crippen molar-refractivity contribution in [3.63, 3.8) is 0 Å². The van der Waals surface area contributed by atoms with E-state index in [9.17, 15) is 4.79 Å². The number of benzene rings is 1. The van der Waals surface area contributed by atoms with Gasteiger partial charge in [0.05, 0.1) is 11.6 Å². The minimum absolute atomic E-state index is 0.00957. The molecular weight excluding hydrogens is 354 g/mol. The summed E-state index contributed by atoms with van der Waals surface area (Å²) < 4.78 is 7.91. The summed E-state index contributed by atoms with van der Waals surface area (Å²) >= 11 is 0. The number of likely N-dealkylation sites (tertiary alicyclic amines) is 1. The monoisotopic (exact) mass is 379 g/mol. The molecule has 146 valence electrons. The zero-order valence-corrected chi connectivity index (χ0v) is 16.0. The molecular formula is C21H25N5O2. The molecule has 0 saturated carbocycles. The van der Waals surface area contributed by atoms with Gasteiger partial charge in [-0.1, -0.05) is 6.42 Å². The fourth-order valence-electron chi connectivity index (χ4n) is 4.09. The van der Waals surface area contributed by atoms with Crippen LogP contribution in [-0.2, 0) is 17.8 Å². The van der Waals surface area contributed by atoms with Crippen LogP contribution in [0.5, 0.6) is 5.75 Å². The summed E-state index contributed by atoms with van der Waals surface area (Å²) in [4.78, 5) is 14.5. The Hall–Kier alpha value is -2.88. The molecule has 2 aliphatic rings. The van der Waals surface area contributed by atoms with Crippen molar-refractivity contribution in [3.05, 3.63) is 41.5 Å². The first-order valence-corrected chi connectivity index (χ1v) is 10.1.